The summed E-state index contributed by atoms with van der Waals surface area (Å²) >= 11 is 8.19. The highest BCUT2D eigenvalue weighted by Crippen LogP contribution is 2.41. The molecule has 0 saturated heterocycles. The maximum absolute atomic E-state index is 12.5. The molecule has 0 radical (unpaired) electrons. The molecular weight excluding hydrogens is 502 g/mol. The average molecular weight is 535 g/mol. The van der Waals surface area contributed by atoms with Gasteiger partial charge in [0.1, 0.15) is 0 Å². The lowest BCUT2D eigenvalue weighted by Crippen LogP contribution is -2.31. The van der Waals surface area contributed by atoms with Crippen LogP contribution >= 0.6 is 43.2 Å². The zero-order valence-electron chi connectivity index (χ0n) is 17.0. The molecule has 28 heavy (non-hydrogen) atoms. The molecule has 0 N–H and O–H groups in total. The zero-order valence-corrected chi connectivity index (χ0v) is 21.0. The van der Waals surface area contributed by atoms with Crippen LogP contribution in [0.15, 0.2) is 7.57 Å². The fourth-order valence-corrected chi connectivity index (χ4v) is 6.89. The standard InChI is InChI=1S/C22H33Br2NO2S/c1-2-3-4-5-6-7-8-9-10-11-12-13-14-15-16-25-21(26)17-18(22(25)27)20(24)28-19(17)23/h2-16H2,1H3. The molecule has 1 aromatic rings. The number of imide groups is 1. The van der Waals surface area contributed by atoms with Gasteiger partial charge in [0.05, 0.1) is 18.7 Å². The zero-order chi connectivity index (χ0) is 20.4. The molecule has 3 nitrogen and oxygen atoms in total. The molecule has 0 aliphatic carbocycles. The molecule has 0 aromatic carbocycles. The van der Waals surface area contributed by atoms with Gasteiger partial charge in [-0.3, -0.25) is 14.5 Å². The number of hydrogen-bond donors (Lipinski definition) is 0. The van der Waals surface area contributed by atoms with Crippen molar-refractivity contribution in [2.24, 2.45) is 0 Å². The van der Waals surface area contributed by atoms with Gasteiger partial charge in [-0.05, 0) is 38.3 Å². The first-order valence-corrected chi connectivity index (χ1v) is 13.3. The molecule has 2 amide bonds. The molecule has 0 unspecified atom stereocenters. The van der Waals surface area contributed by atoms with Gasteiger partial charge in [-0.1, -0.05) is 90.4 Å². The Labute approximate surface area is 190 Å². The van der Waals surface area contributed by atoms with Gasteiger partial charge in [0.2, 0.25) is 0 Å². The van der Waals surface area contributed by atoms with Crippen molar-refractivity contribution in [3.8, 4) is 0 Å². The van der Waals surface area contributed by atoms with Crippen molar-refractivity contribution in [3.63, 3.8) is 0 Å². The van der Waals surface area contributed by atoms with Gasteiger partial charge >= 0.3 is 0 Å². The summed E-state index contributed by atoms with van der Waals surface area (Å²) in [5.74, 6) is -0.299. The normalized spacial score (nSPS) is 13.6. The van der Waals surface area contributed by atoms with E-state index < -0.39 is 0 Å². The predicted molar refractivity (Wildman–Crippen MR) is 125 cm³/mol. The highest BCUT2D eigenvalue weighted by molar-refractivity contribution is 9.12. The Morgan fingerprint density at radius 1 is 0.643 bits per heavy atom. The van der Waals surface area contributed by atoms with Crippen LogP contribution < -0.4 is 0 Å². The Balaban J connectivity index is 1.47. The molecule has 1 aromatic heterocycles. The minimum absolute atomic E-state index is 0.150. The predicted octanol–water partition coefficient (Wildman–Crippen LogP) is 8.35. The Hall–Kier alpha value is -0.200. The topological polar surface area (TPSA) is 37.4 Å². The van der Waals surface area contributed by atoms with E-state index in [-0.39, 0.29) is 11.8 Å². The summed E-state index contributed by atoms with van der Waals surface area (Å²) in [6, 6.07) is 0. The SMILES string of the molecule is CCCCCCCCCCCCCCCCN1C(=O)c2c(Br)sc(Br)c2C1=O. The summed E-state index contributed by atoms with van der Waals surface area (Å²) in [4.78, 5) is 26.3. The smallest absolute Gasteiger partial charge is 0.263 e. The van der Waals surface area contributed by atoms with Crippen LogP contribution in [-0.2, 0) is 0 Å². The number of halogens is 2. The van der Waals surface area contributed by atoms with Crippen molar-refractivity contribution in [2.75, 3.05) is 6.54 Å². The first-order chi connectivity index (χ1) is 13.6. The van der Waals surface area contributed by atoms with Crippen LogP contribution in [0.1, 0.15) is 118 Å². The monoisotopic (exact) mass is 533 g/mol. The molecular formula is C22H33Br2NO2S. The number of carbonyl (C=O) groups excluding carboxylic acids is 2. The first-order valence-electron chi connectivity index (χ1n) is 10.9. The van der Waals surface area contributed by atoms with E-state index in [0.717, 1.165) is 20.4 Å². The lowest BCUT2D eigenvalue weighted by atomic mass is 10.0. The number of fused-ring (bicyclic) bond motifs is 1. The third kappa shape index (κ3) is 6.94. The number of unbranched alkanes of at least 4 members (excludes halogenated alkanes) is 13. The molecule has 0 fully saturated rings. The lowest BCUT2D eigenvalue weighted by Gasteiger charge is -2.14. The van der Waals surface area contributed by atoms with Crippen molar-refractivity contribution in [2.45, 2.75) is 96.8 Å². The minimum atomic E-state index is -0.150. The number of rotatable bonds is 15. The molecule has 0 bridgehead atoms. The quantitative estimate of drug-likeness (QED) is 0.167. The molecule has 0 spiro atoms. The second kappa shape index (κ2) is 13.2. The highest BCUT2D eigenvalue weighted by Gasteiger charge is 2.40. The van der Waals surface area contributed by atoms with Gasteiger partial charge in [0.15, 0.2) is 0 Å². The van der Waals surface area contributed by atoms with Gasteiger partial charge in [-0.25, -0.2) is 0 Å². The summed E-state index contributed by atoms with van der Waals surface area (Å²) in [5.41, 5.74) is 1.07. The van der Waals surface area contributed by atoms with Crippen molar-refractivity contribution in [1.29, 1.82) is 0 Å². The third-order valence-electron chi connectivity index (χ3n) is 5.48. The van der Waals surface area contributed by atoms with Crippen molar-refractivity contribution < 1.29 is 9.59 Å². The van der Waals surface area contributed by atoms with Gasteiger partial charge in [-0.2, -0.15) is 0 Å². The summed E-state index contributed by atoms with van der Waals surface area (Å²) in [6.45, 7) is 2.80. The molecule has 2 rings (SSSR count). The summed E-state index contributed by atoms with van der Waals surface area (Å²) in [5, 5.41) is 0. The van der Waals surface area contributed by atoms with Gasteiger partial charge in [-0.15, -0.1) is 11.3 Å². The Kier molecular flexibility index (Phi) is 11.3. The van der Waals surface area contributed by atoms with E-state index in [1.807, 2.05) is 0 Å². The van der Waals surface area contributed by atoms with E-state index in [4.69, 9.17) is 0 Å². The minimum Gasteiger partial charge on any atom is -0.274 e. The fourth-order valence-electron chi connectivity index (χ4n) is 3.79. The first kappa shape index (κ1) is 24.1. The van der Waals surface area contributed by atoms with Crippen LogP contribution in [0.5, 0.6) is 0 Å². The molecule has 0 atom stereocenters. The van der Waals surface area contributed by atoms with Crippen LogP contribution in [0.4, 0.5) is 0 Å². The van der Waals surface area contributed by atoms with E-state index in [2.05, 4.69) is 38.8 Å². The molecule has 1 aliphatic rings. The Morgan fingerprint density at radius 3 is 1.39 bits per heavy atom. The molecule has 0 saturated carbocycles. The molecule has 158 valence electrons. The van der Waals surface area contributed by atoms with Crippen molar-refractivity contribution in [3.05, 3.63) is 18.7 Å². The van der Waals surface area contributed by atoms with Gasteiger partial charge in [0.25, 0.3) is 11.8 Å². The van der Waals surface area contributed by atoms with E-state index in [9.17, 15) is 9.59 Å². The Bertz CT molecular complexity index is 608. The van der Waals surface area contributed by atoms with Crippen LogP contribution in [0, 0.1) is 0 Å². The fraction of sp³-hybridized carbons (Fsp3) is 0.727. The van der Waals surface area contributed by atoms with Crippen LogP contribution in [0.3, 0.4) is 0 Å². The number of amides is 2. The lowest BCUT2D eigenvalue weighted by molar-refractivity contribution is 0.0651. The van der Waals surface area contributed by atoms with Crippen molar-refractivity contribution in [1.82, 2.24) is 4.90 Å². The number of thiophene rings is 1. The number of carbonyl (C=O) groups is 2. The third-order valence-corrected chi connectivity index (χ3v) is 8.01. The van der Waals surface area contributed by atoms with E-state index >= 15 is 0 Å². The molecule has 2 heterocycles. The van der Waals surface area contributed by atoms with E-state index in [1.54, 1.807) is 0 Å². The summed E-state index contributed by atoms with van der Waals surface area (Å²) in [7, 11) is 0. The maximum Gasteiger partial charge on any atom is 0.263 e. The van der Waals surface area contributed by atoms with Crippen LogP contribution in [-0.4, -0.2) is 23.3 Å². The Morgan fingerprint density at radius 2 is 1.00 bits per heavy atom. The maximum atomic E-state index is 12.5. The van der Waals surface area contributed by atoms with Crippen LogP contribution in [0.2, 0.25) is 0 Å². The second-order valence-electron chi connectivity index (χ2n) is 7.76. The second-order valence-corrected chi connectivity index (χ2v) is 11.4. The number of nitrogens with zero attached hydrogens (tertiary/aromatic N) is 1. The highest BCUT2D eigenvalue weighted by atomic mass is 79.9. The van der Waals surface area contributed by atoms with E-state index in [1.165, 1.54) is 93.3 Å². The largest absolute Gasteiger partial charge is 0.274 e. The summed E-state index contributed by atoms with van der Waals surface area (Å²) in [6.07, 6.45) is 18.2. The number of hydrogen-bond acceptors (Lipinski definition) is 3. The average Bonchev–Trinajstić information content (AvgIpc) is 3.11. The summed E-state index contributed by atoms with van der Waals surface area (Å²) < 4.78 is 1.49. The van der Waals surface area contributed by atoms with Crippen molar-refractivity contribution >= 4 is 55.0 Å². The van der Waals surface area contributed by atoms with E-state index in [0.29, 0.717) is 17.7 Å². The molecule has 6 heteroatoms. The van der Waals surface area contributed by atoms with Gasteiger partial charge < -0.3 is 0 Å². The molecule has 1 aliphatic heterocycles. The van der Waals surface area contributed by atoms with Gasteiger partial charge in [0, 0.05) is 6.54 Å². The van der Waals surface area contributed by atoms with Crippen LogP contribution in [0.25, 0.3) is 0 Å².